The van der Waals surface area contributed by atoms with Gasteiger partial charge in [-0.05, 0) is 38.3 Å². The maximum atomic E-state index is 11.9. The van der Waals surface area contributed by atoms with Crippen molar-refractivity contribution < 1.29 is 9.90 Å². The van der Waals surface area contributed by atoms with Crippen molar-refractivity contribution in [2.45, 2.75) is 46.6 Å². The van der Waals surface area contributed by atoms with Crippen LogP contribution >= 0.6 is 0 Å². The molecular formula is C16H26N2O2. The van der Waals surface area contributed by atoms with Crippen LogP contribution in [-0.2, 0) is 0 Å². The second-order valence-electron chi connectivity index (χ2n) is 5.79. The highest BCUT2D eigenvalue weighted by atomic mass is 16.3. The lowest BCUT2D eigenvalue weighted by Gasteiger charge is -2.29. The van der Waals surface area contributed by atoms with Gasteiger partial charge < -0.3 is 15.7 Å². The summed E-state index contributed by atoms with van der Waals surface area (Å²) < 4.78 is 0. The maximum absolute atomic E-state index is 11.9. The number of amides is 2. The van der Waals surface area contributed by atoms with Gasteiger partial charge in [0.2, 0.25) is 0 Å². The number of hydrogen-bond donors (Lipinski definition) is 3. The van der Waals surface area contributed by atoms with E-state index in [0.717, 1.165) is 23.2 Å². The van der Waals surface area contributed by atoms with Crippen molar-refractivity contribution in [2.75, 3.05) is 11.9 Å². The summed E-state index contributed by atoms with van der Waals surface area (Å²) in [5.41, 5.74) is 2.08. The van der Waals surface area contributed by atoms with Gasteiger partial charge in [0.15, 0.2) is 0 Å². The van der Waals surface area contributed by atoms with Crippen LogP contribution in [0.15, 0.2) is 18.2 Å². The Hall–Kier alpha value is -1.55. The minimum Gasteiger partial charge on any atom is -0.388 e. The number of urea groups is 1. The van der Waals surface area contributed by atoms with Crippen LogP contribution < -0.4 is 10.6 Å². The summed E-state index contributed by atoms with van der Waals surface area (Å²) in [7, 11) is 0. The second-order valence-corrected chi connectivity index (χ2v) is 5.79. The highest BCUT2D eigenvalue weighted by molar-refractivity contribution is 5.90. The average Bonchev–Trinajstić information content (AvgIpc) is 2.39. The van der Waals surface area contributed by atoms with E-state index >= 15 is 0 Å². The SMILES string of the molecule is CCC(C)C(C)(O)CNC(=O)Nc1ccc(C)cc1C. The van der Waals surface area contributed by atoms with Gasteiger partial charge in [-0.3, -0.25) is 0 Å². The fourth-order valence-electron chi connectivity index (χ4n) is 1.99. The van der Waals surface area contributed by atoms with Gasteiger partial charge in [0, 0.05) is 12.2 Å². The first-order valence-corrected chi connectivity index (χ1v) is 7.10. The van der Waals surface area contributed by atoms with E-state index in [2.05, 4.69) is 10.6 Å². The number of anilines is 1. The molecule has 2 atom stereocenters. The summed E-state index contributed by atoms with van der Waals surface area (Å²) >= 11 is 0. The van der Waals surface area contributed by atoms with Crippen molar-refractivity contribution in [3.05, 3.63) is 29.3 Å². The summed E-state index contributed by atoms with van der Waals surface area (Å²) in [5.74, 6) is 0.129. The van der Waals surface area contributed by atoms with E-state index in [9.17, 15) is 9.90 Å². The quantitative estimate of drug-likeness (QED) is 0.774. The monoisotopic (exact) mass is 278 g/mol. The van der Waals surface area contributed by atoms with Crippen molar-refractivity contribution in [3.8, 4) is 0 Å². The zero-order valence-corrected chi connectivity index (χ0v) is 13.1. The molecule has 0 aliphatic rings. The molecule has 1 aromatic carbocycles. The van der Waals surface area contributed by atoms with E-state index in [1.807, 2.05) is 45.9 Å². The van der Waals surface area contributed by atoms with E-state index < -0.39 is 5.60 Å². The molecule has 1 rings (SSSR count). The number of benzene rings is 1. The summed E-state index contributed by atoms with van der Waals surface area (Å²) in [6.45, 7) is 9.95. The van der Waals surface area contributed by atoms with Gasteiger partial charge >= 0.3 is 6.03 Å². The second kappa shape index (κ2) is 6.75. The number of nitrogens with one attached hydrogen (secondary N) is 2. The topological polar surface area (TPSA) is 61.4 Å². The molecule has 20 heavy (non-hydrogen) atoms. The smallest absolute Gasteiger partial charge is 0.319 e. The Morgan fingerprint density at radius 2 is 2.05 bits per heavy atom. The number of hydrogen-bond acceptors (Lipinski definition) is 2. The third-order valence-corrected chi connectivity index (χ3v) is 3.91. The Morgan fingerprint density at radius 3 is 2.60 bits per heavy atom. The lowest BCUT2D eigenvalue weighted by atomic mass is 9.89. The maximum Gasteiger partial charge on any atom is 0.319 e. The van der Waals surface area contributed by atoms with Crippen LogP contribution in [0.3, 0.4) is 0 Å². The van der Waals surface area contributed by atoms with Gasteiger partial charge in [0.1, 0.15) is 0 Å². The van der Waals surface area contributed by atoms with E-state index in [4.69, 9.17) is 0 Å². The zero-order chi connectivity index (χ0) is 15.3. The first-order valence-electron chi connectivity index (χ1n) is 7.10. The van der Waals surface area contributed by atoms with Crippen molar-refractivity contribution in [2.24, 2.45) is 5.92 Å². The Balaban J connectivity index is 2.56. The van der Waals surface area contributed by atoms with Crippen LogP contribution in [0.1, 0.15) is 38.3 Å². The van der Waals surface area contributed by atoms with Crippen LogP contribution in [0.4, 0.5) is 10.5 Å². The molecule has 0 saturated carbocycles. The van der Waals surface area contributed by atoms with Crippen LogP contribution in [-0.4, -0.2) is 23.3 Å². The molecule has 0 aliphatic carbocycles. The zero-order valence-electron chi connectivity index (χ0n) is 13.1. The minimum atomic E-state index is -0.894. The molecule has 3 N–H and O–H groups in total. The summed E-state index contributed by atoms with van der Waals surface area (Å²) in [4.78, 5) is 11.9. The standard InChI is InChI=1S/C16H26N2O2/c1-6-13(4)16(5,20)10-17-15(19)18-14-8-7-11(2)9-12(14)3/h7-9,13,20H,6,10H2,1-5H3,(H2,17,18,19). The molecule has 4 heteroatoms. The van der Waals surface area contributed by atoms with Gasteiger partial charge in [-0.25, -0.2) is 4.79 Å². The van der Waals surface area contributed by atoms with Crippen LogP contribution in [0.25, 0.3) is 0 Å². The van der Waals surface area contributed by atoms with Crippen molar-refractivity contribution in [1.82, 2.24) is 5.32 Å². The Bertz CT molecular complexity index is 470. The molecule has 2 unspecified atom stereocenters. The molecule has 112 valence electrons. The Labute approximate surface area is 121 Å². The molecule has 0 aromatic heterocycles. The fourth-order valence-corrected chi connectivity index (χ4v) is 1.99. The molecule has 0 fully saturated rings. The average molecular weight is 278 g/mol. The van der Waals surface area contributed by atoms with E-state index in [1.165, 1.54) is 0 Å². The van der Waals surface area contributed by atoms with E-state index in [1.54, 1.807) is 6.92 Å². The third kappa shape index (κ3) is 4.53. The summed E-state index contributed by atoms with van der Waals surface area (Å²) in [6.07, 6.45) is 0.868. The van der Waals surface area contributed by atoms with E-state index in [0.29, 0.717) is 0 Å². The van der Waals surface area contributed by atoms with Crippen LogP contribution in [0.2, 0.25) is 0 Å². The first-order chi connectivity index (χ1) is 9.26. The largest absolute Gasteiger partial charge is 0.388 e. The summed E-state index contributed by atoms with van der Waals surface area (Å²) in [6, 6.07) is 5.57. The van der Waals surface area contributed by atoms with Gasteiger partial charge in [0.25, 0.3) is 0 Å². The summed E-state index contributed by atoms with van der Waals surface area (Å²) in [5, 5.41) is 15.8. The Morgan fingerprint density at radius 1 is 1.40 bits per heavy atom. The molecular weight excluding hydrogens is 252 g/mol. The van der Waals surface area contributed by atoms with Crippen LogP contribution in [0.5, 0.6) is 0 Å². The lowest BCUT2D eigenvalue weighted by Crippen LogP contribution is -2.46. The van der Waals surface area contributed by atoms with Gasteiger partial charge in [-0.1, -0.05) is 38.0 Å². The molecule has 0 spiro atoms. The van der Waals surface area contributed by atoms with Crippen LogP contribution in [0, 0.1) is 19.8 Å². The first kappa shape index (κ1) is 16.5. The Kier molecular flexibility index (Phi) is 5.57. The normalized spacial score (nSPS) is 15.3. The number of carbonyl (C=O) groups is 1. The molecule has 4 nitrogen and oxygen atoms in total. The predicted molar refractivity (Wildman–Crippen MR) is 83.0 cm³/mol. The molecule has 1 aromatic rings. The lowest BCUT2D eigenvalue weighted by molar-refractivity contribution is 0.00827. The number of rotatable bonds is 5. The van der Waals surface area contributed by atoms with Gasteiger partial charge in [-0.15, -0.1) is 0 Å². The van der Waals surface area contributed by atoms with Crippen molar-refractivity contribution in [3.63, 3.8) is 0 Å². The van der Waals surface area contributed by atoms with Gasteiger partial charge in [0.05, 0.1) is 5.60 Å². The highest BCUT2D eigenvalue weighted by Crippen LogP contribution is 2.19. The predicted octanol–water partition coefficient (Wildman–Crippen LogP) is 3.22. The van der Waals surface area contributed by atoms with Crippen molar-refractivity contribution >= 4 is 11.7 Å². The highest BCUT2D eigenvalue weighted by Gasteiger charge is 2.27. The molecule has 0 heterocycles. The molecule has 2 amide bonds. The molecule has 0 bridgehead atoms. The minimum absolute atomic E-state index is 0.129. The molecule has 0 radical (unpaired) electrons. The third-order valence-electron chi connectivity index (χ3n) is 3.91. The number of aliphatic hydroxyl groups is 1. The van der Waals surface area contributed by atoms with Gasteiger partial charge in [-0.2, -0.15) is 0 Å². The fraction of sp³-hybridized carbons (Fsp3) is 0.562. The van der Waals surface area contributed by atoms with Crippen molar-refractivity contribution in [1.29, 1.82) is 0 Å². The molecule has 0 aliphatic heterocycles. The molecule has 0 saturated heterocycles. The van der Waals surface area contributed by atoms with E-state index in [-0.39, 0.29) is 18.5 Å². The number of carbonyl (C=O) groups excluding carboxylic acids is 1. The number of aryl methyl sites for hydroxylation is 2.